The van der Waals surface area contributed by atoms with Crippen molar-refractivity contribution in [3.05, 3.63) is 56.6 Å². The van der Waals surface area contributed by atoms with Gasteiger partial charge < -0.3 is 14.8 Å². The van der Waals surface area contributed by atoms with Crippen LogP contribution in [0, 0.1) is 30.9 Å². The van der Waals surface area contributed by atoms with E-state index >= 15 is 0 Å². The van der Waals surface area contributed by atoms with Crippen LogP contribution in [0.1, 0.15) is 27.0 Å². The molecule has 0 aliphatic carbocycles. The van der Waals surface area contributed by atoms with Crippen molar-refractivity contribution in [2.75, 3.05) is 19.5 Å². The number of benzene rings is 2. The second-order valence-corrected chi connectivity index (χ2v) is 6.13. The normalized spacial score (nSPS) is 10.2. The molecule has 0 spiro atoms. The summed E-state index contributed by atoms with van der Waals surface area (Å²) in [6, 6.07) is 5.44. The van der Waals surface area contributed by atoms with E-state index in [-0.39, 0.29) is 17.1 Å². The average molecular weight is 387 g/mol. The van der Waals surface area contributed by atoms with Crippen LogP contribution in [-0.2, 0) is 0 Å². The number of imide groups is 1. The number of ether oxygens (including phenoxy) is 2. The standard InChI is InChI=1S/C19H21N3O6/c1-10-8-11(2)16(12(3)9-10)20-19(24)21-18(23)15-14(27-4)7-6-13(22(25)26)17(15)28-5/h6-9H,1-5H3,(H2,20,21,23,24). The van der Waals surface area contributed by atoms with E-state index in [1.807, 2.05) is 32.9 Å². The highest BCUT2D eigenvalue weighted by atomic mass is 16.6. The van der Waals surface area contributed by atoms with Gasteiger partial charge in [-0.1, -0.05) is 17.7 Å². The van der Waals surface area contributed by atoms with Gasteiger partial charge in [0.15, 0.2) is 0 Å². The molecule has 2 N–H and O–H groups in total. The minimum Gasteiger partial charge on any atom is -0.496 e. The fourth-order valence-electron chi connectivity index (χ4n) is 2.98. The van der Waals surface area contributed by atoms with Gasteiger partial charge in [-0.05, 0) is 38.0 Å². The number of nitrogens with zero attached hydrogens (tertiary/aromatic N) is 1. The van der Waals surface area contributed by atoms with Crippen molar-refractivity contribution in [3.8, 4) is 11.5 Å². The predicted octanol–water partition coefficient (Wildman–Crippen LogP) is 3.50. The van der Waals surface area contributed by atoms with Crippen LogP contribution >= 0.6 is 0 Å². The number of methoxy groups -OCH3 is 2. The first-order valence-corrected chi connectivity index (χ1v) is 8.29. The number of hydrogen-bond acceptors (Lipinski definition) is 6. The summed E-state index contributed by atoms with van der Waals surface area (Å²) < 4.78 is 10.1. The molecule has 0 radical (unpaired) electrons. The molecule has 0 saturated carbocycles. The lowest BCUT2D eigenvalue weighted by atomic mass is 10.1. The Morgan fingerprint density at radius 2 is 1.64 bits per heavy atom. The van der Waals surface area contributed by atoms with Crippen molar-refractivity contribution in [2.45, 2.75) is 20.8 Å². The van der Waals surface area contributed by atoms with Gasteiger partial charge >= 0.3 is 11.7 Å². The third-order valence-corrected chi connectivity index (χ3v) is 4.09. The van der Waals surface area contributed by atoms with Crippen molar-refractivity contribution in [1.82, 2.24) is 5.32 Å². The second kappa shape index (κ2) is 8.38. The molecular weight excluding hydrogens is 366 g/mol. The highest BCUT2D eigenvalue weighted by Gasteiger charge is 2.28. The van der Waals surface area contributed by atoms with Crippen molar-refractivity contribution in [2.24, 2.45) is 0 Å². The number of hydrogen-bond donors (Lipinski definition) is 2. The molecule has 0 bridgehead atoms. The highest BCUT2D eigenvalue weighted by molar-refractivity contribution is 6.11. The van der Waals surface area contributed by atoms with Crippen molar-refractivity contribution >= 4 is 23.3 Å². The first kappa shape index (κ1) is 20.7. The number of urea groups is 1. The van der Waals surface area contributed by atoms with E-state index in [1.54, 1.807) is 0 Å². The maximum atomic E-state index is 12.6. The molecule has 0 fully saturated rings. The molecule has 0 unspecified atom stereocenters. The monoisotopic (exact) mass is 387 g/mol. The Morgan fingerprint density at radius 3 is 2.14 bits per heavy atom. The number of nitro groups is 1. The largest absolute Gasteiger partial charge is 0.496 e. The Kier molecular flexibility index (Phi) is 6.19. The van der Waals surface area contributed by atoms with Gasteiger partial charge in [0, 0.05) is 11.8 Å². The molecule has 0 saturated heterocycles. The van der Waals surface area contributed by atoms with Crippen molar-refractivity contribution in [1.29, 1.82) is 0 Å². The van der Waals surface area contributed by atoms with Gasteiger partial charge in [-0.25, -0.2) is 4.79 Å². The third kappa shape index (κ3) is 4.20. The molecular formula is C19H21N3O6. The number of anilines is 1. The molecule has 3 amide bonds. The summed E-state index contributed by atoms with van der Waals surface area (Å²) in [6.45, 7) is 5.61. The molecule has 0 heterocycles. The number of nitro benzene ring substituents is 1. The highest BCUT2D eigenvalue weighted by Crippen LogP contribution is 2.37. The van der Waals surface area contributed by atoms with Crippen LogP contribution in [0.4, 0.5) is 16.2 Å². The van der Waals surface area contributed by atoms with Crippen LogP contribution in [0.3, 0.4) is 0 Å². The van der Waals surface area contributed by atoms with Crippen LogP contribution in [0.15, 0.2) is 24.3 Å². The van der Waals surface area contributed by atoms with Gasteiger partial charge in [0.25, 0.3) is 5.91 Å². The van der Waals surface area contributed by atoms with E-state index in [2.05, 4.69) is 10.6 Å². The van der Waals surface area contributed by atoms with Crippen LogP contribution in [-0.4, -0.2) is 31.1 Å². The Labute approximate surface area is 161 Å². The lowest BCUT2D eigenvalue weighted by molar-refractivity contribution is -0.385. The SMILES string of the molecule is COc1ccc([N+](=O)[O-])c(OC)c1C(=O)NC(=O)Nc1c(C)cc(C)cc1C. The second-order valence-electron chi connectivity index (χ2n) is 6.13. The Morgan fingerprint density at radius 1 is 1.04 bits per heavy atom. The topological polar surface area (TPSA) is 120 Å². The van der Waals surface area contributed by atoms with Crippen LogP contribution < -0.4 is 20.1 Å². The number of carbonyl (C=O) groups is 2. The maximum absolute atomic E-state index is 12.6. The molecule has 2 aromatic carbocycles. The molecule has 0 aromatic heterocycles. The number of rotatable bonds is 5. The lowest BCUT2D eigenvalue weighted by Crippen LogP contribution is -2.35. The van der Waals surface area contributed by atoms with E-state index in [9.17, 15) is 19.7 Å². The van der Waals surface area contributed by atoms with E-state index in [4.69, 9.17) is 9.47 Å². The summed E-state index contributed by atoms with van der Waals surface area (Å²) in [6.07, 6.45) is 0. The molecule has 9 heteroatoms. The molecule has 9 nitrogen and oxygen atoms in total. The summed E-state index contributed by atoms with van der Waals surface area (Å²) in [5, 5.41) is 16.0. The van der Waals surface area contributed by atoms with E-state index in [1.165, 1.54) is 20.3 Å². The summed E-state index contributed by atoms with van der Waals surface area (Å²) in [7, 11) is 2.49. The molecule has 0 aliphatic rings. The zero-order chi connectivity index (χ0) is 21.0. The quantitative estimate of drug-likeness (QED) is 0.598. The number of nitrogens with one attached hydrogen (secondary N) is 2. The summed E-state index contributed by atoms with van der Waals surface area (Å²) >= 11 is 0. The molecule has 0 aliphatic heterocycles. The third-order valence-electron chi connectivity index (χ3n) is 4.09. The fourth-order valence-corrected chi connectivity index (χ4v) is 2.98. The first-order valence-electron chi connectivity index (χ1n) is 8.29. The zero-order valence-electron chi connectivity index (χ0n) is 16.2. The summed E-state index contributed by atoms with van der Waals surface area (Å²) in [5.74, 6) is -1.15. The first-order chi connectivity index (χ1) is 13.2. The number of amides is 3. The molecule has 28 heavy (non-hydrogen) atoms. The summed E-state index contributed by atoms with van der Waals surface area (Å²) in [5.41, 5.74) is 2.64. The van der Waals surface area contributed by atoms with Gasteiger partial charge in [-0.2, -0.15) is 0 Å². The number of aryl methyl sites for hydroxylation is 3. The molecule has 0 atom stereocenters. The summed E-state index contributed by atoms with van der Waals surface area (Å²) in [4.78, 5) is 35.5. The van der Waals surface area contributed by atoms with Gasteiger partial charge in [0.1, 0.15) is 11.3 Å². The smallest absolute Gasteiger partial charge is 0.326 e. The van der Waals surface area contributed by atoms with E-state index < -0.39 is 22.5 Å². The van der Waals surface area contributed by atoms with E-state index in [0.717, 1.165) is 22.8 Å². The van der Waals surface area contributed by atoms with Crippen molar-refractivity contribution in [3.63, 3.8) is 0 Å². The van der Waals surface area contributed by atoms with Crippen LogP contribution in [0.25, 0.3) is 0 Å². The minimum absolute atomic E-state index is 0.0375. The fraction of sp³-hybridized carbons (Fsp3) is 0.263. The van der Waals surface area contributed by atoms with Gasteiger partial charge in [-0.15, -0.1) is 0 Å². The zero-order valence-corrected chi connectivity index (χ0v) is 16.2. The maximum Gasteiger partial charge on any atom is 0.326 e. The van der Waals surface area contributed by atoms with Gasteiger partial charge in [-0.3, -0.25) is 20.2 Å². The van der Waals surface area contributed by atoms with Gasteiger partial charge in [0.2, 0.25) is 5.75 Å². The van der Waals surface area contributed by atoms with Gasteiger partial charge in [0.05, 0.1) is 19.1 Å². The Hall–Kier alpha value is -3.62. The molecule has 2 rings (SSSR count). The van der Waals surface area contributed by atoms with Crippen LogP contribution in [0.5, 0.6) is 11.5 Å². The predicted molar refractivity (Wildman–Crippen MR) is 103 cm³/mol. The Balaban J connectivity index is 2.33. The lowest BCUT2D eigenvalue weighted by Gasteiger charge is -2.15. The molecule has 2 aromatic rings. The number of carbonyl (C=O) groups excluding carboxylic acids is 2. The molecule has 148 valence electrons. The Bertz CT molecular complexity index is 932. The van der Waals surface area contributed by atoms with E-state index in [0.29, 0.717) is 5.69 Å². The van der Waals surface area contributed by atoms with Crippen molar-refractivity contribution < 1.29 is 24.0 Å². The average Bonchev–Trinajstić information content (AvgIpc) is 2.62. The minimum atomic E-state index is -0.891. The van der Waals surface area contributed by atoms with Crippen LogP contribution in [0.2, 0.25) is 0 Å².